The van der Waals surface area contributed by atoms with Crippen LogP contribution in [0.4, 0.5) is 4.79 Å². The second kappa shape index (κ2) is 8.94. The van der Waals surface area contributed by atoms with E-state index in [9.17, 15) is 4.79 Å². The number of thiol groups is 1. The molecule has 1 aliphatic heterocycles. The van der Waals surface area contributed by atoms with Gasteiger partial charge in [0.05, 0.1) is 0 Å². The molecule has 0 N–H and O–H groups in total. The van der Waals surface area contributed by atoms with Crippen LogP contribution in [-0.2, 0) is 11.3 Å². The summed E-state index contributed by atoms with van der Waals surface area (Å²) >= 11 is 4.59. The summed E-state index contributed by atoms with van der Waals surface area (Å²) in [5.74, 6) is 3.39. The Labute approximate surface area is 177 Å². The van der Waals surface area contributed by atoms with Crippen LogP contribution in [0.25, 0.3) is 0 Å². The molecule has 0 unspecified atom stereocenters. The first kappa shape index (κ1) is 22.9. The van der Waals surface area contributed by atoms with Crippen molar-refractivity contribution in [2.24, 2.45) is 0 Å². The van der Waals surface area contributed by atoms with E-state index in [1.807, 2.05) is 20.8 Å². The van der Waals surface area contributed by atoms with Gasteiger partial charge in [0.1, 0.15) is 13.7 Å². The Kier molecular flexibility index (Phi) is 7.30. The van der Waals surface area contributed by atoms with Gasteiger partial charge in [-0.05, 0) is 51.0 Å². The largest absolute Gasteiger partial charge is 0.444 e. The zero-order chi connectivity index (χ0) is 21.1. The minimum Gasteiger partial charge on any atom is -0.444 e. The predicted octanol–water partition coefficient (Wildman–Crippen LogP) is 4.57. The average molecular weight is 419 g/mol. The highest BCUT2D eigenvalue weighted by molar-refractivity contribution is 7.80. The maximum absolute atomic E-state index is 12.2. The third-order valence-electron chi connectivity index (χ3n) is 4.49. The molecule has 1 aliphatic rings. The van der Waals surface area contributed by atoms with Crippen molar-refractivity contribution >= 4 is 26.8 Å². The second-order valence-corrected chi connectivity index (χ2v) is 14.8. The normalized spacial score (nSPS) is 15.8. The van der Waals surface area contributed by atoms with Crippen LogP contribution in [0.2, 0.25) is 19.6 Å². The molecule has 4 nitrogen and oxygen atoms in total. The summed E-state index contributed by atoms with van der Waals surface area (Å²) < 4.78 is 5.48. The summed E-state index contributed by atoms with van der Waals surface area (Å²) in [6, 6.07) is 4.20. The van der Waals surface area contributed by atoms with E-state index >= 15 is 0 Å². The lowest BCUT2D eigenvalue weighted by atomic mass is 10.0. The highest BCUT2D eigenvalue weighted by Crippen LogP contribution is 2.22. The van der Waals surface area contributed by atoms with E-state index in [1.165, 1.54) is 11.1 Å². The lowest BCUT2D eigenvalue weighted by Gasteiger charge is -2.35. The summed E-state index contributed by atoms with van der Waals surface area (Å²) in [6.45, 7) is 18.5. The van der Waals surface area contributed by atoms with Gasteiger partial charge in [-0.2, -0.15) is 0 Å². The fourth-order valence-corrected chi connectivity index (χ4v) is 3.76. The highest BCUT2D eigenvalue weighted by Gasteiger charge is 2.26. The average Bonchev–Trinajstić information content (AvgIpc) is 2.55. The first-order valence-corrected chi connectivity index (χ1v) is 13.8. The predicted molar refractivity (Wildman–Crippen MR) is 122 cm³/mol. The maximum Gasteiger partial charge on any atom is 0.410 e. The molecule has 0 atom stereocenters. The van der Waals surface area contributed by atoms with Crippen molar-refractivity contribution in [1.82, 2.24) is 9.80 Å². The van der Waals surface area contributed by atoms with E-state index in [0.717, 1.165) is 30.1 Å². The molecule has 0 aromatic heterocycles. The minimum absolute atomic E-state index is 0.218. The number of carbonyl (C=O) groups is 1. The van der Waals surface area contributed by atoms with E-state index in [1.54, 1.807) is 4.90 Å². The Morgan fingerprint density at radius 2 is 1.79 bits per heavy atom. The van der Waals surface area contributed by atoms with E-state index in [4.69, 9.17) is 4.74 Å². The molecular weight excluding hydrogens is 384 g/mol. The number of hydrogen-bond acceptors (Lipinski definition) is 4. The maximum atomic E-state index is 12.2. The molecule has 1 fully saturated rings. The van der Waals surface area contributed by atoms with Gasteiger partial charge < -0.3 is 9.64 Å². The van der Waals surface area contributed by atoms with Crippen molar-refractivity contribution < 1.29 is 9.53 Å². The Bertz CT molecular complexity index is 777. The quantitative estimate of drug-likeness (QED) is 0.434. The number of nitrogens with zero attached hydrogens (tertiary/aromatic N) is 2. The van der Waals surface area contributed by atoms with Gasteiger partial charge in [-0.25, -0.2) is 4.79 Å². The molecule has 28 heavy (non-hydrogen) atoms. The topological polar surface area (TPSA) is 32.8 Å². The molecular formula is C22H34N2O2SSi. The molecule has 2 rings (SSSR count). The zero-order valence-corrected chi connectivity index (χ0v) is 20.2. The number of hydrogen-bond donors (Lipinski definition) is 1. The summed E-state index contributed by atoms with van der Waals surface area (Å²) in [7, 11) is -1.42. The molecule has 0 radical (unpaired) electrons. The Morgan fingerprint density at radius 1 is 1.18 bits per heavy atom. The standard InChI is InChI=1S/C22H34N2O2SSi/c1-17-18(8-13-28(5,6)7)14-20(27)15-19(17)16-23-9-11-24(12-10-23)21(25)26-22(2,3)4/h14-15,27H,9-12,16H2,1-7H3. The molecule has 1 aromatic carbocycles. The molecule has 0 saturated carbocycles. The van der Waals surface area contributed by atoms with Crippen LogP contribution < -0.4 is 0 Å². The molecule has 1 aromatic rings. The van der Waals surface area contributed by atoms with Crippen LogP contribution in [0.5, 0.6) is 0 Å². The van der Waals surface area contributed by atoms with Crippen LogP contribution in [0, 0.1) is 18.4 Å². The van der Waals surface area contributed by atoms with Gasteiger partial charge in [-0.3, -0.25) is 4.90 Å². The van der Waals surface area contributed by atoms with Crippen LogP contribution in [0.3, 0.4) is 0 Å². The van der Waals surface area contributed by atoms with Crippen molar-refractivity contribution in [3.63, 3.8) is 0 Å². The molecule has 1 amide bonds. The van der Waals surface area contributed by atoms with Crippen LogP contribution >= 0.6 is 12.6 Å². The number of ether oxygens (including phenoxy) is 1. The number of piperazine rings is 1. The molecule has 0 bridgehead atoms. The summed E-state index contributed by atoms with van der Waals surface area (Å²) in [6.07, 6.45) is -0.218. The smallest absolute Gasteiger partial charge is 0.410 e. The monoisotopic (exact) mass is 418 g/mol. The summed E-state index contributed by atoms with van der Waals surface area (Å²) in [5, 5.41) is 0. The van der Waals surface area contributed by atoms with E-state index in [2.05, 4.69) is 67.7 Å². The van der Waals surface area contributed by atoms with Crippen LogP contribution in [-0.4, -0.2) is 55.7 Å². The number of benzene rings is 1. The Hall–Kier alpha value is -1.42. The summed E-state index contributed by atoms with van der Waals surface area (Å²) in [5.41, 5.74) is 6.58. The molecule has 6 heteroatoms. The molecule has 154 valence electrons. The highest BCUT2D eigenvalue weighted by atomic mass is 32.1. The van der Waals surface area contributed by atoms with Gasteiger partial charge in [0, 0.05) is 43.2 Å². The van der Waals surface area contributed by atoms with E-state index in [-0.39, 0.29) is 6.09 Å². The third kappa shape index (κ3) is 7.19. The van der Waals surface area contributed by atoms with Gasteiger partial charge in [0.15, 0.2) is 0 Å². The van der Waals surface area contributed by atoms with Gasteiger partial charge in [-0.1, -0.05) is 25.6 Å². The fraction of sp³-hybridized carbons (Fsp3) is 0.591. The second-order valence-electron chi connectivity index (χ2n) is 9.52. The summed E-state index contributed by atoms with van der Waals surface area (Å²) in [4.78, 5) is 17.4. The van der Waals surface area contributed by atoms with Crippen LogP contribution in [0.1, 0.15) is 37.5 Å². The third-order valence-corrected chi connectivity index (χ3v) is 5.62. The van der Waals surface area contributed by atoms with Crippen molar-refractivity contribution in [2.45, 2.75) is 64.4 Å². The van der Waals surface area contributed by atoms with Crippen molar-refractivity contribution in [1.29, 1.82) is 0 Å². The van der Waals surface area contributed by atoms with Crippen molar-refractivity contribution in [2.75, 3.05) is 26.2 Å². The molecule has 0 aliphatic carbocycles. The van der Waals surface area contributed by atoms with Gasteiger partial charge >= 0.3 is 6.09 Å². The van der Waals surface area contributed by atoms with Crippen molar-refractivity contribution in [3.05, 3.63) is 28.8 Å². The molecule has 1 saturated heterocycles. The van der Waals surface area contributed by atoms with Crippen molar-refractivity contribution in [3.8, 4) is 11.5 Å². The lowest BCUT2D eigenvalue weighted by Crippen LogP contribution is -2.49. The van der Waals surface area contributed by atoms with Crippen LogP contribution in [0.15, 0.2) is 17.0 Å². The van der Waals surface area contributed by atoms with Gasteiger partial charge in [0.2, 0.25) is 0 Å². The first-order chi connectivity index (χ1) is 12.8. The number of amides is 1. The lowest BCUT2D eigenvalue weighted by molar-refractivity contribution is 0.0139. The molecule has 1 heterocycles. The van der Waals surface area contributed by atoms with E-state index in [0.29, 0.717) is 13.1 Å². The first-order valence-electron chi connectivity index (χ1n) is 9.90. The Balaban J connectivity index is 2.04. The van der Waals surface area contributed by atoms with E-state index < -0.39 is 13.7 Å². The van der Waals surface area contributed by atoms with Gasteiger partial charge in [-0.15, -0.1) is 18.2 Å². The SMILES string of the molecule is Cc1c(C#C[Si](C)(C)C)cc(S)cc1CN1CCN(C(=O)OC(C)(C)C)CC1. The molecule has 0 spiro atoms. The minimum atomic E-state index is -1.42. The Morgan fingerprint density at radius 3 is 2.32 bits per heavy atom. The zero-order valence-electron chi connectivity index (χ0n) is 18.3. The fourth-order valence-electron chi connectivity index (χ4n) is 2.96. The number of rotatable bonds is 2. The van der Waals surface area contributed by atoms with Gasteiger partial charge in [0.25, 0.3) is 0 Å². The number of carbonyl (C=O) groups excluding carboxylic acids is 1.